The molecule has 0 aliphatic rings. The molecule has 0 saturated carbocycles. The second-order valence-electron chi connectivity index (χ2n) is 5.45. The smallest absolute Gasteiger partial charge is 0.189 e. The number of aliphatic hydroxyl groups is 2. The van der Waals surface area contributed by atoms with Crippen molar-refractivity contribution < 1.29 is 10.2 Å². The average molecular weight is 271 g/mol. The van der Waals surface area contributed by atoms with Gasteiger partial charge < -0.3 is 10.2 Å². The van der Waals surface area contributed by atoms with E-state index in [1.165, 1.54) is 0 Å². The van der Waals surface area contributed by atoms with Crippen LogP contribution in [0.4, 0.5) is 0 Å². The van der Waals surface area contributed by atoms with Crippen LogP contribution in [0.5, 0.6) is 0 Å². The van der Waals surface area contributed by atoms with Crippen molar-refractivity contribution in [3.05, 3.63) is 35.9 Å². The molecule has 2 nitrogen and oxygen atoms in total. The first-order valence-electron chi connectivity index (χ1n) is 6.23. The molecule has 0 atom stereocenters. The van der Waals surface area contributed by atoms with Gasteiger partial charge in [0, 0.05) is 28.6 Å². The maximum Gasteiger partial charge on any atom is 0.189 e. The monoisotopic (exact) mass is 270 g/mol. The lowest BCUT2D eigenvalue weighted by Gasteiger charge is -2.19. The quantitative estimate of drug-likeness (QED) is 0.653. The van der Waals surface area contributed by atoms with Gasteiger partial charge in [0.15, 0.2) is 5.79 Å². The van der Waals surface area contributed by atoms with E-state index in [4.69, 9.17) is 0 Å². The molecular weight excluding hydrogens is 244 g/mol. The van der Waals surface area contributed by atoms with Gasteiger partial charge in [-0.3, -0.25) is 0 Å². The number of rotatable bonds is 3. The van der Waals surface area contributed by atoms with Crippen molar-refractivity contribution in [2.75, 3.05) is 0 Å². The van der Waals surface area contributed by atoms with E-state index in [-0.39, 0.29) is 0 Å². The summed E-state index contributed by atoms with van der Waals surface area (Å²) in [5, 5.41) is 18.7. The molecule has 0 saturated heterocycles. The number of hydrogen-bond acceptors (Lipinski definition) is 2. The Balaban J connectivity index is 0.000000366. The van der Waals surface area contributed by atoms with Crippen molar-refractivity contribution in [2.45, 2.75) is 45.3 Å². The summed E-state index contributed by atoms with van der Waals surface area (Å²) >= 11 is 0. The summed E-state index contributed by atoms with van der Waals surface area (Å²) in [4.78, 5) is 0. The Kier molecular flexibility index (Phi) is 6.93. The molecule has 0 radical (unpaired) electrons. The van der Waals surface area contributed by atoms with Crippen LogP contribution < -0.4 is 0 Å². The van der Waals surface area contributed by atoms with Crippen molar-refractivity contribution >= 4 is 16.6 Å². The van der Waals surface area contributed by atoms with Crippen LogP contribution in [0, 0.1) is 0 Å². The molecule has 0 bridgehead atoms. The summed E-state index contributed by atoms with van der Waals surface area (Å²) < 4.78 is 0. The molecule has 0 aliphatic carbocycles. The third kappa shape index (κ3) is 7.49. The molecule has 1 rings (SSSR count). The van der Waals surface area contributed by atoms with Gasteiger partial charge in [-0.2, -0.15) is 0 Å². The van der Waals surface area contributed by atoms with Crippen LogP contribution in [0.2, 0.25) is 26.2 Å². The van der Waals surface area contributed by atoms with E-state index in [9.17, 15) is 10.2 Å². The first-order valence-corrected chi connectivity index (χ1v) is 13.5. The minimum Gasteiger partial charge on any atom is -0.362 e. The predicted molar refractivity (Wildman–Crippen MR) is 80.6 cm³/mol. The van der Waals surface area contributed by atoms with Crippen LogP contribution in [0.25, 0.3) is 0 Å². The Morgan fingerprint density at radius 2 is 1.53 bits per heavy atom. The van der Waals surface area contributed by atoms with Crippen LogP contribution in [-0.2, 0) is 5.79 Å². The lowest BCUT2D eigenvalue weighted by molar-refractivity contribution is -0.171. The predicted octanol–water partition coefficient (Wildman–Crippen LogP) is 2.27. The summed E-state index contributed by atoms with van der Waals surface area (Å²) in [5.74, 6) is -1.67. The number of hydrogen-bond donors (Lipinski definition) is 2. The highest BCUT2D eigenvalue weighted by molar-refractivity contribution is 7.22. The SMILES string of the molecule is CCC(O)(O)c1ccccc1.C[SiH2][Si](C)(C)C. The van der Waals surface area contributed by atoms with E-state index < -0.39 is 13.4 Å². The highest BCUT2D eigenvalue weighted by atomic mass is 29.2. The molecule has 0 heterocycles. The van der Waals surface area contributed by atoms with E-state index in [0.29, 0.717) is 21.0 Å². The van der Waals surface area contributed by atoms with Gasteiger partial charge in [0.25, 0.3) is 0 Å². The lowest BCUT2D eigenvalue weighted by Crippen LogP contribution is -2.26. The zero-order valence-corrected chi connectivity index (χ0v) is 14.1. The van der Waals surface area contributed by atoms with Crippen LogP contribution in [0.1, 0.15) is 18.9 Å². The van der Waals surface area contributed by atoms with E-state index in [0.717, 1.165) is 0 Å². The largest absolute Gasteiger partial charge is 0.362 e. The molecule has 0 aromatic heterocycles. The summed E-state index contributed by atoms with van der Waals surface area (Å²) in [7, 11) is -0.101. The lowest BCUT2D eigenvalue weighted by atomic mass is 10.0. The zero-order chi connectivity index (χ0) is 13.5. The van der Waals surface area contributed by atoms with Crippen molar-refractivity contribution in [1.82, 2.24) is 0 Å². The van der Waals surface area contributed by atoms with E-state index in [1.54, 1.807) is 31.2 Å². The Labute approximate surface area is 108 Å². The van der Waals surface area contributed by atoms with E-state index >= 15 is 0 Å². The van der Waals surface area contributed by atoms with Crippen molar-refractivity contribution in [3.63, 3.8) is 0 Å². The molecule has 1 aromatic carbocycles. The third-order valence-electron chi connectivity index (χ3n) is 2.79. The fourth-order valence-corrected chi connectivity index (χ4v) is 0.909. The second kappa shape index (κ2) is 7.11. The van der Waals surface area contributed by atoms with Gasteiger partial charge in [0.1, 0.15) is 0 Å². The molecule has 0 spiro atoms. The van der Waals surface area contributed by atoms with Gasteiger partial charge in [-0.25, -0.2) is 0 Å². The molecule has 0 aliphatic heterocycles. The van der Waals surface area contributed by atoms with Gasteiger partial charge in [-0.05, 0) is 0 Å². The van der Waals surface area contributed by atoms with Crippen molar-refractivity contribution in [3.8, 4) is 0 Å². The van der Waals surface area contributed by atoms with Crippen molar-refractivity contribution in [2.24, 2.45) is 0 Å². The van der Waals surface area contributed by atoms with E-state index in [2.05, 4.69) is 26.2 Å². The Morgan fingerprint density at radius 3 is 1.82 bits per heavy atom. The molecule has 1 aromatic rings. The molecule has 0 unspecified atom stereocenters. The van der Waals surface area contributed by atoms with Crippen LogP contribution in [0.15, 0.2) is 30.3 Å². The van der Waals surface area contributed by atoms with E-state index in [1.807, 2.05) is 6.07 Å². The topological polar surface area (TPSA) is 40.5 Å². The molecular formula is C13H26O2Si2. The summed E-state index contributed by atoms with van der Waals surface area (Å²) in [6.07, 6.45) is 0.303. The molecule has 4 heteroatoms. The van der Waals surface area contributed by atoms with Gasteiger partial charge in [0.2, 0.25) is 0 Å². The molecule has 17 heavy (non-hydrogen) atoms. The standard InChI is InChI=1S/C9H12O2.C4H14Si2/c1-2-9(10,11)8-6-4-3-5-7-8;1-5-6(2,3)4/h3-7,10-11H,2H2,1H3;5H2,1-4H3. The maximum atomic E-state index is 9.35. The highest BCUT2D eigenvalue weighted by Crippen LogP contribution is 2.20. The fraction of sp³-hybridized carbons (Fsp3) is 0.538. The number of benzene rings is 1. The normalized spacial score (nSPS) is 12.4. The van der Waals surface area contributed by atoms with Crippen LogP contribution in [0.3, 0.4) is 0 Å². The Morgan fingerprint density at radius 1 is 1.12 bits per heavy atom. The minimum absolute atomic E-state index is 0.303. The van der Waals surface area contributed by atoms with Gasteiger partial charge in [-0.1, -0.05) is 63.4 Å². The van der Waals surface area contributed by atoms with Crippen LogP contribution in [-0.4, -0.2) is 26.8 Å². The van der Waals surface area contributed by atoms with Gasteiger partial charge in [0.05, 0.1) is 0 Å². The Hall–Kier alpha value is -0.426. The molecule has 2 N–H and O–H groups in total. The first kappa shape index (κ1) is 16.6. The first-order chi connectivity index (χ1) is 7.73. The highest BCUT2D eigenvalue weighted by Gasteiger charge is 2.21. The van der Waals surface area contributed by atoms with Crippen LogP contribution >= 0.6 is 0 Å². The molecule has 0 fully saturated rings. The summed E-state index contributed by atoms with van der Waals surface area (Å²) in [6, 6.07) is 8.81. The zero-order valence-electron chi connectivity index (χ0n) is 11.7. The minimum atomic E-state index is -1.67. The van der Waals surface area contributed by atoms with Crippen molar-refractivity contribution in [1.29, 1.82) is 0 Å². The second-order valence-corrected chi connectivity index (χ2v) is 19.8. The maximum absolute atomic E-state index is 9.35. The molecule has 0 amide bonds. The summed E-state index contributed by atoms with van der Waals surface area (Å²) in [6.45, 7) is 11.5. The average Bonchev–Trinajstić information content (AvgIpc) is 2.30. The van der Waals surface area contributed by atoms with Gasteiger partial charge >= 0.3 is 0 Å². The Bertz CT molecular complexity index is 305. The van der Waals surface area contributed by atoms with Gasteiger partial charge in [-0.15, -0.1) is 0 Å². The third-order valence-corrected chi connectivity index (χ3v) is 11.3. The fourth-order valence-electron chi connectivity index (χ4n) is 0.909. The molecule has 98 valence electrons. The summed E-state index contributed by atoms with van der Waals surface area (Å²) in [5.41, 5.74) is 0.544.